The lowest BCUT2D eigenvalue weighted by Crippen LogP contribution is -2.33. The van der Waals surface area contributed by atoms with Crippen LogP contribution in [-0.4, -0.2) is 66.9 Å². The van der Waals surface area contributed by atoms with Crippen molar-refractivity contribution in [1.29, 1.82) is 0 Å². The summed E-state index contributed by atoms with van der Waals surface area (Å²) in [7, 11) is 1.55. The third-order valence-corrected chi connectivity index (χ3v) is 4.67. The fourth-order valence-corrected chi connectivity index (χ4v) is 3.29. The number of methoxy groups -OCH3 is 1. The summed E-state index contributed by atoms with van der Waals surface area (Å²) in [5.41, 5.74) is 7.69. The third-order valence-electron chi connectivity index (χ3n) is 4.67. The number of nitrogens with zero attached hydrogens (tertiary/aromatic N) is 4. The molecule has 4 atom stereocenters. The lowest BCUT2D eigenvalue weighted by atomic mass is 10.1. The molecule has 3 aromatic heterocycles. The molecule has 142 valence electrons. The number of aromatic nitrogens is 4. The van der Waals surface area contributed by atoms with E-state index in [1.807, 2.05) is 0 Å². The number of hydrogen-bond donors (Lipinski definition) is 4. The van der Waals surface area contributed by atoms with Crippen LogP contribution >= 0.6 is 0 Å². The van der Waals surface area contributed by atoms with Gasteiger partial charge in [0.15, 0.2) is 6.23 Å². The average molecular weight is 373 g/mol. The first-order chi connectivity index (χ1) is 13.0. The first-order valence-electron chi connectivity index (χ1n) is 8.29. The highest BCUT2D eigenvalue weighted by Crippen LogP contribution is 2.38. The van der Waals surface area contributed by atoms with Crippen molar-refractivity contribution < 1.29 is 24.8 Å². The largest absolute Gasteiger partial charge is 0.497 e. The molecule has 10 heteroatoms. The van der Waals surface area contributed by atoms with E-state index in [4.69, 9.17) is 15.2 Å². The van der Waals surface area contributed by atoms with Crippen molar-refractivity contribution in [2.75, 3.05) is 19.5 Å². The Hall–Kier alpha value is -2.79. The second-order valence-electron chi connectivity index (χ2n) is 6.22. The van der Waals surface area contributed by atoms with Crippen molar-refractivity contribution >= 4 is 16.9 Å². The molecule has 1 aliphatic rings. The Morgan fingerprint density at radius 2 is 2.07 bits per heavy atom. The van der Waals surface area contributed by atoms with Crippen LogP contribution in [0.4, 0.5) is 5.82 Å². The number of aliphatic hydroxyl groups is 3. The van der Waals surface area contributed by atoms with Crippen molar-refractivity contribution in [2.24, 2.45) is 0 Å². The van der Waals surface area contributed by atoms with E-state index in [1.165, 1.54) is 6.33 Å². The van der Waals surface area contributed by atoms with Gasteiger partial charge in [0.25, 0.3) is 0 Å². The van der Waals surface area contributed by atoms with E-state index in [0.29, 0.717) is 28.0 Å². The van der Waals surface area contributed by atoms with E-state index in [-0.39, 0.29) is 5.82 Å². The van der Waals surface area contributed by atoms with Crippen LogP contribution in [0.1, 0.15) is 6.23 Å². The molecular weight excluding hydrogens is 354 g/mol. The van der Waals surface area contributed by atoms with Crippen LogP contribution in [0.15, 0.2) is 30.9 Å². The Morgan fingerprint density at radius 1 is 1.26 bits per heavy atom. The van der Waals surface area contributed by atoms with Gasteiger partial charge in [-0.1, -0.05) is 0 Å². The lowest BCUT2D eigenvalue weighted by Gasteiger charge is -2.17. The van der Waals surface area contributed by atoms with Crippen molar-refractivity contribution in [3.63, 3.8) is 0 Å². The van der Waals surface area contributed by atoms with E-state index in [1.54, 1.807) is 36.2 Å². The Labute approximate surface area is 153 Å². The summed E-state index contributed by atoms with van der Waals surface area (Å²) in [5, 5.41) is 30.3. The number of nitrogens with two attached hydrogens (primary N) is 1. The highest BCUT2D eigenvalue weighted by atomic mass is 16.6. The molecule has 4 heterocycles. The quantitative estimate of drug-likeness (QED) is 0.483. The van der Waals surface area contributed by atoms with Gasteiger partial charge in [0.1, 0.15) is 41.9 Å². The van der Waals surface area contributed by atoms with E-state index in [2.05, 4.69) is 15.0 Å². The molecule has 0 unspecified atom stereocenters. The minimum Gasteiger partial charge on any atom is -0.497 e. The van der Waals surface area contributed by atoms with Crippen molar-refractivity contribution in [1.82, 2.24) is 19.5 Å². The van der Waals surface area contributed by atoms with E-state index in [0.717, 1.165) is 0 Å². The lowest BCUT2D eigenvalue weighted by molar-refractivity contribution is -0.0508. The van der Waals surface area contributed by atoms with Crippen LogP contribution < -0.4 is 10.5 Å². The second-order valence-corrected chi connectivity index (χ2v) is 6.22. The predicted octanol–water partition coefficient (Wildman–Crippen LogP) is -0.304. The summed E-state index contributed by atoms with van der Waals surface area (Å²) < 4.78 is 12.4. The van der Waals surface area contributed by atoms with Crippen LogP contribution in [0.3, 0.4) is 0 Å². The highest BCUT2D eigenvalue weighted by molar-refractivity contribution is 6.00. The van der Waals surface area contributed by atoms with Gasteiger partial charge in [0, 0.05) is 24.0 Å². The summed E-state index contributed by atoms with van der Waals surface area (Å²) in [6, 6.07) is 3.46. The molecule has 27 heavy (non-hydrogen) atoms. The number of fused-ring (bicyclic) bond motifs is 1. The van der Waals surface area contributed by atoms with Gasteiger partial charge >= 0.3 is 0 Å². The summed E-state index contributed by atoms with van der Waals surface area (Å²) >= 11 is 0. The number of rotatable bonds is 4. The summed E-state index contributed by atoms with van der Waals surface area (Å²) in [5.74, 6) is 0.856. The Balaban J connectivity index is 1.90. The minimum absolute atomic E-state index is 0.241. The van der Waals surface area contributed by atoms with E-state index >= 15 is 0 Å². The molecule has 5 N–H and O–H groups in total. The van der Waals surface area contributed by atoms with Crippen LogP contribution in [0, 0.1) is 0 Å². The van der Waals surface area contributed by atoms with Crippen molar-refractivity contribution in [3.05, 3.63) is 30.9 Å². The van der Waals surface area contributed by atoms with Gasteiger partial charge in [-0.3, -0.25) is 4.98 Å². The molecule has 0 bridgehead atoms. The molecule has 0 aromatic carbocycles. The fraction of sp³-hybridized carbons (Fsp3) is 0.353. The molecule has 0 spiro atoms. The SMILES string of the molecule is COc1ccnc(-c2cn([C@@H]3O[C@H](CO)[C@@H](O)[C@H]3O)c3ncnc(N)c23)c1. The zero-order chi connectivity index (χ0) is 19.1. The summed E-state index contributed by atoms with van der Waals surface area (Å²) in [6.45, 7) is -0.421. The average Bonchev–Trinajstić information content (AvgIpc) is 3.21. The maximum absolute atomic E-state index is 10.4. The van der Waals surface area contributed by atoms with E-state index < -0.39 is 31.1 Å². The highest BCUT2D eigenvalue weighted by Gasteiger charge is 2.44. The van der Waals surface area contributed by atoms with Gasteiger partial charge in [-0.15, -0.1) is 0 Å². The van der Waals surface area contributed by atoms with E-state index in [9.17, 15) is 15.3 Å². The molecule has 10 nitrogen and oxygen atoms in total. The molecule has 4 rings (SSSR count). The number of nitrogen functional groups attached to an aromatic ring is 1. The number of hydrogen-bond acceptors (Lipinski definition) is 9. The normalized spacial score (nSPS) is 25.2. The minimum atomic E-state index is -1.25. The number of ether oxygens (including phenoxy) is 2. The Bertz CT molecular complexity index is 978. The number of anilines is 1. The number of pyridine rings is 1. The Morgan fingerprint density at radius 3 is 2.78 bits per heavy atom. The maximum Gasteiger partial charge on any atom is 0.164 e. The fourth-order valence-electron chi connectivity index (χ4n) is 3.29. The molecule has 3 aromatic rings. The monoisotopic (exact) mass is 373 g/mol. The molecule has 1 fully saturated rings. The molecule has 0 amide bonds. The Kier molecular flexibility index (Phi) is 4.40. The van der Waals surface area contributed by atoms with Gasteiger partial charge in [-0.05, 0) is 6.07 Å². The second kappa shape index (κ2) is 6.74. The molecule has 1 saturated heterocycles. The van der Waals surface area contributed by atoms with Gasteiger partial charge < -0.3 is 35.1 Å². The van der Waals surface area contributed by atoms with Gasteiger partial charge in [-0.2, -0.15) is 0 Å². The first kappa shape index (κ1) is 17.6. The van der Waals surface area contributed by atoms with Gasteiger partial charge in [-0.25, -0.2) is 9.97 Å². The predicted molar refractivity (Wildman–Crippen MR) is 94.7 cm³/mol. The third kappa shape index (κ3) is 2.79. The zero-order valence-electron chi connectivity index (χ0n) is 14.4. The molecule has 0 saturated carbocycles. The topological polar surface area (TPSA) is 149 Å². The van der Waals surface area contributed by atoms with Gasteiger partial charge in [0.2, 0.25) is 0 Å². The number of aliphatic hydroxyl groups excluding tert-OH is 3. The van der Waals surface area contributed by atoms with Crippen molar-refractivity contribution in [3.8, 4) is 17.0 Å². The standard InChI is InChI=1S/C17H19N5O5/c1-26-8-2-3-19-10(4-8)9-5-22(16-12(9)15(18)20-7-21-16)17-14(25)13(24)11(6-23)27-17/h2-5,7,11,13-14,17,23-25H,6H2,1H3,(H2,18,20,21)/t11-,13-,14-,17-/m1/s1. The molecule has 0 radical (unpaired) electrons. The van der Waals surface area contributed by atoms with Crippen LogP contribution in [0.25, 0.3) is 22.3 Å². The summed E-state index contributed by atoms with van der Waals surface area (Å²) in [4.78, 5) is 12.7. The van der Waals surface area contributed by atoms with Crippen LogP contribution in [0.2, 0.25) is 0 Å². The zero-order valence-corrected chi connectivity index (χ0v) is 14.4. The first-order valence-corrected chi connectivity index (χ1v) is 8.29. The maximum atomic E-state index is 10.4. The van der Waals surface area contributed by atoms with Crippen molar-refractivity contribution in [2.45, 2.75) is 24.5 Å². The summed E-state index contributed by atoms with van der Waals surface area (Å²) in [6.07, 6.45) is 0.253. The van der Waals surface area contributed by atoms with Gasteiger partial charge in [0.05, 0.1) is 24.8 Å². The molecule has 0 aliphatic carbocycles. The smallest absolute Gasteiger partial charge is 0.164 e. The molecule has 1 aliphatic heterocycles. The van der Waals surface area contributed by atoms with Crippen LogP contribution in [-0.2, 0) is 4.74 Å². The van der Waals surface area contributed by atoms with Crippen LogP contribution in [0.5, 0.6) is 5.75 Å². The molecular formula is C17H19N5O5.